The van der Waals surface area contributed by atoms with Crippen molar-refractivity contribution in [2.75, 3.05) is 38.7 Å². The molecule has 0 spiro atoms. The fourth-order valence-corrected chi connectivity index (χ4v) is 2.58. The Morgan fingerprint density at radius 3 is 2.81 bits per heavy atom. The van der Waals surface area contributed by atoms with Gasteiger partial charge in [0.05, 0.1) is 24.5 Å². The van der Waals surface area contributed by atoms with Crippen LogP contribution in [0.1, 0.15) is 12.8 Å². The van der Waals surface area contributed by atoms with Crippen LogP contribution in [0, 0.1) is 0 Å². The summed E-state index contributed by atoms with van der Waals surface area (Å²) in [5.41, 5.74) is 1.74. The van der Waals surface area contributed by atoms with Gasteiger partial charge < -0.3 is 15.0 Å². The molecule has 1 aliphatic rings. The Morgan fingerprint density at radius 1 is 1.52 bits per heavy atom. The Hall–Kier alpha value is -1.66. The van der Waals surface area contributed by atoms with Crippen molar-refractivity contribution in [2.45, 2.75) is 25.5 Å². The second-order valence-electron chi connectivity index (χ2n) is 5.41. The number of ether oxygens (including phenoxy) is 1. The molecule has 1 saturated heterocycles. The van der Waals surface area contributed by atoms with E-state index in [9.17, 15) is 4.79 Å². The molecule has 0 unspecified atom stereocenters. The Morgan fingerprint density at radius 2 is 2.24 bits per heavy atom. The van der Waals surface area contributed by atoms with Gasteiger partial charge >= 0.3 is 0 Å². The lowest BCUT2D eigenvalue weighted by molar-refractivity contribution is 0.0819. The summed E-state index contributed by atoms with van der Waals surface area (Å²) in [5.74, 6) is 0. The predicted molar refractivity (Wildman–Crippen MR) is 83.8 cm³/mol. The van der Waals surface area contributed by atoms with E-state index in [1.807, 2.05) is 7.05 Å². The molecule has 21 heavy (non-hydrogen) atoms. The number of hydrogen-bond acceptors (Lipinski definition) is 5. The number of nitrogens with zero attached hydrogens (tertiary/aromatic N) is 3. The smallest absolute Gasteiger partial charge is 0.269 e. The molecule has 0 aromatic carbocycles. The highest BCUT2D eigenvalue weighted by atomic mass is 16.5. The first-order valence-corrected chi connectivity index (χ1v) is 7.30. The van der Waals surface area contributed by atoms with Gasteiger partial charge in [-0.25, -0.2) is 4.68 Å². The topological polar surface area (TPSA) is 59.4 Å². The molecule has 2 rings (SSSR count). The summed E-state index contributed by atoms with van der Waals surface area (Å²) in [5, 5.41) is 7.27. The zero-order chi connectivity index (χ0) is 15.2. The third kappa shape index (κ3) is 4.15. The van der Waals surface area contributed by atoms with Gasteiger partial charge in [0.15, 0.2) is 0 Å². The van der Waals surface area contributed by atoms with Gasteiger partial charge in [-0.3, -0.25) is 4.79 Å². The van der Waals surface area contributed by atoms with Gasteiger partial charge in [0.1, 0.15) is 0 Å². The first-order valence-electron chi connectivity index (χ1n) is 7.30. The number of piperidine rings is 1. The van der Waals surface area contributed by atoms with E-state index in [0.29, 0.717) is 19.2 Å². The molecule has 6 nitrogen and oxygen atoms in total. The van der Waals surface area contributed by atoms with Gasteiger partial charge in [-0.2, -0.15) is 5.10 Å². The van der Waals surface area contributed by atoms with Gasteiger partial charge in [0, 0.05) is 32.8 Å². The number of aromatic nitrogens is 2. The van der Waals surface area contributed by atoms with Crippen LogP contribution >= 0.6 is 0 Å². The van der Waals surface area contributed by atoms with Crippen LogP contribution in [0.3, 0.4) is 0 Å². The SMILES string of the molecule is C=C(CNC)Cn1ncc(N2CCC(OC)CC2)cc1=O. The summed E-state index contributed by atoms with van der Waals surface area (Å²) < 4.78 is 6.81. The molecule has 6 heteroatoms. The van der Waals surface area contributed by atoms with Crippen LogP contribution in [-0.2, 0) is 11.3 Å². The molecule has 116 valence electrons. The van der Waals surface area contributed by atoms with E-state index < -0.39 is 0 Å². The molecule has 2 heterocycles. The van der Waals surface area contributed by atoms with Crippen LogP contribution in [0.2, 0.25) is 0 Å². The van der Waals surface area contributed by atoms with Crippen molar-refractivity contribution in [3.05, 3.63) is 34.8 Å². The van der Waals surface area contributed by atoms with Crippen molar-refractivity contribution in [1.29, 1.82) is 0 Å². The van der Waals surface area contributed by atoms with Gasteiger partial charge in [0.2, 0.25) is 0 Å². The van der Waals surface area contributed by atoms with E-state index in [2.05, 4.69) is 21.9 Å². The van der Waals surface area contributed by atoms with Gasteiger partial charge in [-0.15, -0.1) is 0 Å². The number of methoxy groups -OCH3 is 1. The second kappa shape index (κ2) is 7.38. The maximum atomic E-state index is 12.1. The van der Waals surface area contributed by atoms with Crippen LogP contribution in [0.25, 0.3) is 0 Å². The van der Waals surface area contributed by atoms with Gasteiger partial charge in [-0.1, -0.05) is 6.58 Å². The Balaban J connectivity index is 2.02. The predicted octanol–water partition coefficient (Wildman–Crippen LogP) is 0.634. The molecule has 0 aliphatic carbocycles. The van der Waals surface area contributed by atoms with E-state index in [0.717, 1.165) is 37.2 Å². The molecule has 1 fully saturated rings. The quantitative estimate of drug-likeness (QED) is 0.780. The molecule has 1 aliphatic heterocycles. The van der Waals surface area contributed by atoms with Crippen LogP contribution in [0.4, 0.5) is 5.69 Å². The molecular weight excluding hydrogens is 268 g/mol. The van der Waals surface area contributed by atoms with Crippen LogP contribution < -0.4 is 15.8 Å². The lowest BCUT2D eigenvalue weighted by Gasteiger charge is -2.32. The number of likely N-dealkylation sites (N-methyl/N-ethyl adjacent to an activating group) is 1. The highest BCUT2D eigenvalue weighted by Gasteiger charge is 2.19. The highest BCUT2D eigenvalue weighted by molar-refractivity contribution is 5.43. The minimum absolute atomic E-state index is 0.0846. The number of anilines is 1. The lowest BCUT2D eigenvalue weighted by Crippen LogP contribution is -2.37. The molecule has 0 atom stereocenters. The molecule has 0 amide bonds. The molecular formula is C15H24N4O2. The number of rotatable bonds is 6. The highest BCUT2D eigenvalue weighted by Crippen LogP contribution is 2.18. The maximum Gasteiger partial charge on any atom is 0.269 e. The molecule has 1 N–H and O–H groups in total. The minimum Gasteiger partial charge on any atom is -0.381 e. The summed E-state index contributed by atoms with van der Waals surface area (Å²) in [4.78, 5) is 14.3. The average molecular weight is 292 g/mol. The summed E-state index contributed by atoms with van der Waals surface area (Å²) in [7, 11) is 3.61. The number of hydrogen-bond donors (Lipinski definition) is 1. The van der Waals surface area contributed by atoms with E-state index in [1.54, 1.807) is 19.4 Å². The lowest BCUT2D eigenvalue weighted by atomic mass is 10.1. The fraction of sp³-hybridized carbons (Fsp3) is 0.600. The molecule has 0 bridgehead atoms. The Bertz CT molecular complexity index is 533. The summed E-state index contributed by atoms with van der Waals surface area (Å²) in [6.45, 7) is 6.85. The third-order valence-electron chi connectivity index (χ3n) is 3.80. The monoisotopic (exact) mass is 292 g/mol. The van der Waals surface area contributed by atoms with E-state index in [1.165, 1.54) is 4.68 Å². The largest absolute Gasteiger partial charge is 0.381 e. The van der Waals surface area contributed by atoms with Crippen molar-refractivity contribution in [3.8, 4) is 0 Å². The number of nitrogens with one attached hydrogen (secondary N) is 1. The van der Waals surface area contributed by atoms with Crippen molar-refractivity contribution in [1.82, 2.24) is 15.1 Å². The summed E-state index contributed by atoms with van der Waals surface area (Å²) >= 11 is 0. The van der Waals surface area contributed by atoms with E-state index in [4.69, 9.17) is 4.74 Å². The Labute approximate surface area is 125 Å². The standard InChI is InChI=1S/C15H24N4O2/c1-12(9-16-2)11-19-15(20)8-13(10-17-19)18-6-4-14(21-3)5-7-18/h8,10,14,16H,1,4-7,9,11H2,2-3H3. The molecule has 0 saturated carbocycles. The zero-order valence-corrected chi connectivity index (χ0v) is 12.8. The third-order valence-corrected chi connectivity index (χ3v) is 3.80. The maximum absolute atomic E-state index is 12.1. The molecule has 1 aromatic rings. The fourth-order valence-electron chi connectivity index (χ4n) is 2.58. The zero-order valence-electron chi connectivity index (χ0n) is 12.8. The van der Waals surface area contributed by atoms with Crippen molar-refractivity contribution < 1.29 is 4.74 Å². The van der Waals surface area contributed by atoms with Crippen LogP contribution in [0.5, 0.6) is 0 Å². The average Bonchev–Trinajstić information content (AvgIpc) is 2.50. The summed E-state index contributed by atoms with van der Waals surface area (Å²) in [6.07, 6.45) is 4.07. The first-order chi connectivity index (χ1) is 10.1. The van der Waals surface area contributed by atoms with Gasteiger partial charge in [-0.05, 0) is 25.5 Å². The van der Waals surface area contributed by atoms with Crippen LogP contribution in [0.15, 0.2) is 29.2 Å². The van der Waals surface area contributed by atoms with Crippen molar-refractivity contribution >= 4 is 5.69 Å². The molecule has 0 radical (unpaired) electrons. The van der Waals surface area contributed by atoms with Crippen LogP contribution in [-0.4, -0.2) is 49.7 Å². The van der Waals surface area contributed by atoms with Crippen molar-refractivity contribution in [3.63, 3.8) is 0 Å². The van der Waals surface area contributed by atoms with E-state index >= 15 is 0 Å². The van der Waals surface area contributed by atoms with Gasteiger partial charge in [0.25, 0.3) is 5.56 Å². The van der Waals surface area contributed by atoms with E-state index in [-0.39, 0.29) is 5.56 Å². The second-order valence-corrected chi connectivity index (χ2v) is 5.41. The molecule has 1 aromatic heterocycles. The van der Waals surface area contributed by atoms with Crippen molar-refractivity contribution in [2.24, 2.45) is 0 Å². The first kappa shape index (κ1) is 15.7. The summed E-state index contributed by atoms with van der Waals surface area (Å²) in [6, 6.07) is 1.66. The Kier molecular flexibility index (Phi) is 5.52. The minimum atomic E-state index is -0.0846. The normalized spacial score (nSPS) is 16.2.